The Morgan fingerprint density at radius 1 is 1.27 bits per heavy atom. The molecule has 0 aromatic heterocycles. The quantitative estimate of drug-likeness (QED) is 0.735. The second kappa shape index (κ2) is 4.61. The molecule has 0 aliphatic carbocycles. The van der Waals surface area contributed by atoms with Crippen LogP contribution in [0.5, 0.6) is 0 Å². The first-order valence-electron chi connectivity index (χ1n) is 4.74. The maximum absolute atomic E-state index is 11.3. The number of aliphatic hydroxyl groups is 1. The molecule has 88 valence electrons. The highest BCUT2D eigenvalue weighted by Gasteiger charge is 2.32. The highest BCUT2D eigenvalue weighted by Crippen LogP contribution is 2.10. The van der Waals surface area contributed by atoms with E-state index in [0.717, 1.165) is 0 Å². The summed E-state index contributed by atoms with van der Waals surface area (Å²) in [6.45, 7) is 7.44. The van der Waals surface area contributed by atoms with Gasteiger partial charge in [0.15, 0.2) is 5.78 Å². The fourth-order valence-corrected chi connectivity index (χ4v) is 0.768. The minimum Gasteiger partial charge on any atom is -0.444 e. The van der Waals surface area contributed by atoms with Crippen LogP contribution in [-0.2, 0) is 9.53 Å². The van der Waals surface area contributed by atoms with E-state index < -0.39 is 23.8 Å². The van der Waals surface area contributed by atoms with Crippen LogP contribution in [0.4, 0.5) is 4.79 Å². The average Bonchev–Trinajstić information content (AvgIpc) is 1.99. The van der Waals surface area contributed by atoms with Crippen molar-refractivity contribution in [3.05, 3.63) is 0 Å². The van der Waals surface area contributed by atoms with E-state index in [-0.39, 0.29) is 5.78 Å². The zero-order chi connectivity index (χ0) is 12.3. The normalized spacial score (nSPS) is 15.3. The van der Waals surface area contributed by atoms with E-state index in [2.05, 4.69) is 5.32 Å². The zero-order valence-corrected chi connectivity index (χ0v) is 9.88. The van der Waals surface area contributed by atoms with Crippen LogP contribution >= 0.6 is 0 Å². The second-order valence-electron chi connectivity index (χ2n) is 4.67. The lowest BCUT2D eigenvalue weighted by atomic mass is 9.99. The highest BCUT2D eigenvalue weighted by molar-refractivity contribution is 5.89. The number of carbonyl (C=O) groups excluding carboxylic acids is 2. The second-order valence-corrected chi connectivity index (χ2v) is 4.67. The number of hydrogen-bond donors (Lipinski definition) is 2. The van der Waals surface area contributed by atoms with Gasteiger partial charge in [-0.15, -0.1) is 0 Å². The molecule has 0 aromatic rings. The summed E-state index contributed by atoms with van der Waals surface area (Å²) in [4.78, 5) is 22.5. The largest absolute Gasteiger partial charge is 0.444 e. The Balaban J connectivity index is 4.45. The SMILES string of the molecule is CC(=O)[C@](C)(CO)NC(=O)OC(C)(C)C. The number of ketones is 1. The van der Waals surface area contributed by atoms with Crippen molar-refractivity contribution < 1.29 is 19.4 Å². The van der Waals surface area contributed by atoms with Gasteiger partial charge in [0.2, 0.25) is 0 Å². The molecule has 15 heavy (non-hydrogen) atoms. The summed E-state index contributed by atoms with van der Waals surface area (Å²) in [5.74, 6) is -0.323. The van der Waals surface area contributed by atoms with E-state index in [1.165, 1.54) is 13.8 Å². The molecule has 5 nitrogen and oxygen atoms in total. The summed E-state index contributed by atoms with van der Waals surface area (Å²) in [5.41, 5.74) is -1.90. The van der Waals surface area contributed by atoms with Crippen molar-refractivity contribution in [3.63, 3.8) is 0 Å². The lowest BCUT2D eigenvalue weighted by Gasteiger charge is -2.28. The van der Waals surface area contributed by atoms with Crippen molar-refractivity contribution in [1.29, 1.82) is 0 Å². The summed E-state index contributed by atoms with van der Waals surface area (Å²) in [7, 11) is 0. The van der Waals surface area contributed by atoms with Gasteiger partial charge < -0.3 is 15.2 Å². The van der Waals surface area contributed by atoms with Gasteiger partial charge in [-0.2, -0.15) is 0 Å². The number of Topliss-reactive ketones (excluding diaryl/α,β-unsaturated/α-hetero) is 1. The highest BCUT2D eigenvalue weighted by atomic mass is 16.6. The van der Waals surface area contributed by atoms with Crippen LogP contribution in [0.2, 0.25) is 0 Å². The van der Waals surface area contributed by atoms with Crippen molar-refractivity contribution in [1.82, 2.24) is 5.32 Å². The van der Waals surface area contributed by atoms with Crippen LogP contribution < -0.4 is 5.32 Å². The topological polar surface area (TPSA) is 75.6 Å². The molecule has 2 N–H and O–H groups in total. The van der Waals surface area contributed by atoms with E-state index in [0.29, 0.717) is 0 Å². The van der Waals surface area contributed by atoms with Crippen molar-refractivity contribution in [2.45, 2.75) is 45.8 Å². The minimum absolute atomic E-state index is 0.323. The Kier molecular flexibility index (Phi) is 4.27. The van der Waals surface area contributed by atoms with Gasteiger partial charge in [0.25, 0.3) is 0 Å². The molecule has 0 fully saturated rings. The van der Waals surface area contributed by atoms with Crippen LogP contribution in [0.3, 0.4) is 0 Å². The summed E-state index contributed by atoms with van der Waals surface area (Å²) < 4.78 is 4.97. The first-order chi connectivity index (χ1) is 6.60. The van der Waals surface area contributed by atoms with Gasteiger partial charge in [0.1, 0.15) is 11.1 Å². The van der Waals surface area contributed by atoms with Gasteiger partial charge in [-0.3, -0.25) is 4.79 Å². The molecule has 0 aliphatic heterocycles. The number of ether oxygens (including phenoxy) is 1. The summed E-state index contributed by atoms with van der Waals surface area (Å²) in [6, 6.07) is 0. The molecule has 0 aromatic carbocycles. The van der Waals surface area contributed by atoms with E-state index >= 15 is 0 Å². The van der Waals surface area contributed by atoms with Gasteiger partial charge in [0, 0.05) is 0 Å². The Morgan fingerprint density at radius 3 is 2.00 bits per heavy atom. The average molecular weight is 217 g/mol. The van der Waals surface area contributed by atoms with E-state index in [4.69, 9.17) is 9.84 Å². The molecule has 0 heterocycles. The predicted molar refractivity (Wildman–Crippen MR) is 55.5 cm³/mol. The van der Waals surface area contributed by atoms with Gasteiger partial charge >= 0.3 is 6.09 Å². The lowest BCUT2D eigenvalue weighted by molar-refractivity contribution is -0.124. The molecular weight excluding hydrogens is 198 g/mol. The number of aliphatic hydroxyl groups excluding tert-OH is 1. The number of hydrogen-bond acceptors (Lipinski definition) is 4. The smallest absolute Gasteiger partial charge is 0.408 e. The number of nitrogens with one attached hydrogen (secondary N) is 1. The van der Waals surface area contributed by atoms with Crippen LogP contribution in [0, 0.1) is 0 Å². The van der Waals surface area contributed by atoms with Crippen LogP contribution in [-0.4, -0.2) is 34.7 Å². The van der Waals surface area contributed by atoms with Crippen molar-refractivity contribution >= 4 is 11.9 Å². The van der Waals surface area contributed by atoms with Gasteiger partial charge in [-0.1, -0.05) is 0 Å². The van der Waals surface area contributed by atoms with Gasteiger partial charge in [-0.05, 0) is 34.6 Å². The molecule has 0 saturated carbocycles. The molecule has 1 amide bonds. The Morgan fingerprint density at radius 2 is 1.73 bits per heavy atom. The zero-order valence-electron chi connectivity index (χ0n) is 9.88. The molecule has 0 unspecified atom stereocenters. The predicted octanol–water partition coefficient (Wildman–Crippen LogP) is 0.851. The molecule has 0 saturated heterocycles. The fraction of sp³-hybridized carbons (Fsp3) is 0.800. The Hall–Kier alpha value is -1.10. The first kappa shape index (κ1) is 13.9. The molecule has 0 aliphatic rings. The molecule has 0 spiro atoms. The third-order valence-electron chi connectivity index (χ3n) is 1.87. The minimum atomic E-state index is -1.28. The summed E-state index contributed by atoms with van der Waals surface area (Å²) in [5, 5.41) is 11.4. The maximum Gasteiger partial charge on any atom is 0.408 e. The fourth-order valence-electron chi connectivity index (χ4n) is 0.768. The molecule has 0 rings (SSSR count). The first-order valence-corrected chi connectivity index (χ1v) is 4.74. The third kappa shape index (κ3) is 4.78. The molecular formula is C10H19NO4. The molecule has 0 bridgehead atoms. The van der Waals surface area contributed by atoms with Crippen LogP contribution in [0.25, 0.3) is 0 Å². The summed E-state index contributed by atoms with van der Waals surface area (Å²) in [6.07, 6.45) is -0.714. The van der Waals surface area contributed by atoms with Crippen LogP contribution in [0.15, 0.2) is 0 Å². The molecule has 5 heteroatoms. The van der Waals surface area contributed by atoms with Crippen molar-refractivity contribution in [2.75, 3.05) is 6.61 Å². The number of amides is 1. The standard InChI is InChI=1S/C10H19NO4/c1-7(13)10(5,6-12)11-8(14)15-9(2,3)4/h12H,6H2,1-5H3,(H,11,14)/t10-/m0/s1. The maximum atomic E-state index is 11.3. The van der Waals surface area contributed by atoms with E-state index in [9.17, 15) is 9.59 Å². The van der Waals surface area contributed by atoms with Crippen LogP contribution in [0.1, 0.15) is 34.6 Å². The third-order valence-corrected chi connectivity index (χ3v) is 1.87. The number of carbonyl (C=O) groups is 2. The number of rotatable bonds is 3. The van der Waals surface area contributed by atoms with E-state index in [1.54, 1.807) is 20.8 Å². The number of alkyl carbamates (subject to hydrolysis) is 1. The van der Waals surface area contributed by atoms with Gasteiger partial charge in [-0.25, -0.2) is 4.79 Å². The van der Waals surface area contributed by atoms with Crippen molar-refractivity contribution in [3.8, 4) is 0 Å². The Bertz CT molecular complexity index is 257. The lowest BCUT2D eigenvalue weighted by Crippen LogP contribution is -2.55. The van der Waals surface area contributed by atoms with Gasteiger partial charge in [0.05, 0.1) is 6.61 Å². The summed E-state index contributed by atoms with van der Waals surface area (Å²) >= 11 is 0. The monoisotopic (exact) mass is 217 g/mol. The van der Waals surface area contributed by atoms with E-state index in [1.807, 2.05) is 0 Å². The molecule has 1 atom stereocenters. The Labute approximate surface area is 89.8 Å². The molecule has 0 radical (unpaired) electrons. The van der Waals surface area contributed by atoms with Crippen molar-refractivity contribution in [2.24, 2.45) is 0 Å².